The van der Waals surface area contributed by atoms with E-state index < -0.39 is 0 Å². The van der Waals surface area contributed by atoms with Crippen LogP contribution in [-0.2, 0) is 4.79 Å². The molecule has 1 aromatic heterocycles. The first-order valence-corrected chi connectivity index (χ1v) is 10.2. The first kappa shape index (κ1) is 21.2. The molecule has 0 fully saturated rings. The van der Waals surface area contributed by atoms with Crippen molar-refractivity contribution in [2.45, 2.75) is 18.5 Å². The summed E-state index contributed by atoms with van der Waals surface area (Å²) in [6.07, 6.45) is 0.739. The zero-order chi connectivity index (χ0) is 21.3. The molecule has 0 bridgehead atoms. The topological polar surface area (TPSA) is 119 Å². The van der Waals surface area contributed by atoms with Gasteiger partial charge < -0.3 is 15.9 Å². The normalized spacial score (nSPS) is 11.2. The van der Waals surface area contributed by atoms with Gasteiger partial charge in [0.1, 0.15) is 5.75 Å². The minimum Gasteiger partial charge on any atom is -0.497 e. The van der Waals surface area contributed by atoms with Crippen molar-refractivity contribution in [3.63, 3.8) is 0 Å². The standard InChI is InChI=1S/C20H23N7O2S/c1-3-17(14-7-5-4-6-8-14)23-24-19-25-26-20(27(19)21)30-13-18(28)22-15-9-11-16(29-2)12-10-15/h4-12H,3,13,21H2,1-2H3,(H,22,28)(H,24,25)/b23-17+. The fraction of sp³-hybridized carbons (Fsp3) is 0.200. The Morgan fingerprint density at radius 1 is 1.17 bits per heavy atom. The van der Waals surface area contributed by atoms with E-state index in [0.29, 0.717) is 10.8 Å². The summed E-state index contributed by atoms with van der Waals surface area (Å²) in [6.45, 7) is 2.02. The number of rotatable bonds is 9. The molecule has 0 spiro atoms. The summed E-state index contributed by atoms with van der Waals surface area (Å²) in [6, 6.07) is 16.9. The van der Waals surface area contributed by atoms with Gasteiger partial charge in [-0.05, 0) is 36.2 Å². The predicted octanol–water partition coefficient (Wildman–Crippen LogP) is 2.96. The molecule has 9 nitrogen and oxygen atoms in total. The lowest BCUT2D eigenvalue weighted by molar-refractivity contribution is -0.113. The first-order chi connectivity index (χ1) is 14.6. The molecule has 156 valence electrons. The van der Waals surface area contributed by atoms with Crippen LogP contribution >= 0.6 is 11.8 Å². The number of hydrogen-bond donors (Lipinski definition) is 3. The van der Waals surface area contributed by atoms with E-state index in [1.165, 1.54) is 16.4 Å². The van der Waals surface area contributed by atoms with Crippen molar-refractivity contribution >= 4 is 35.0 Å². The number of nitrogens with two attached hydrogens (primary N) is 1. The van der Waals surface area contributed by atoms with Crippen LogP contribution in [0.3, 0.4) is 0 Å². The molecule has 10 heteroatoms. The third kappa shape index (κ3) is 5.51. The molecule has 3 aromatic rings. The fourth-order valence-electron chi connectivity index (χ4n) is 2.55. The molecule has 0 aliphatic carbocycles. The van der Waals surface area contributed by atoms with E-state index in [0.717, 1.165) is 23.4 Å². The molecule has 0 unspecified atom stereocenters. The number of nitrogens with one attached hydrogen (secondary N) is 2. The molecule has 1 heterocycles. The van der Waals surface area contributed by atoms with Crippen LogP contribution in [0.5, 0.6) is 5.75 Å². The average Bonchev–Trinajstić information content (AvgIpc) is 3.13. The van der Waals surface area contributed by atoms with Crippen LogP contribution in [0.25, 0.3) is 0 Å². The summed E-state index contributed by atoms with van der Waals surface area (Å²) >= 11 is 1.18. The van der Waals surface area contributed by atoms with E-state index in [2.05, 4.69) is 26.0 Å². The highest BCUT2D eigenvalue weighted by Crippen LogP contribution is 2.19. The number of methoxy groups -OCH3 is 1. The number of nitrogen functional groups attached to an aromatic ring is 1. The van der Waals surface area contributed by atoms with Crippen molar-refractivity contribution in [3.8, 4) is 5.75 Å². The second-order valence-electron chi connectivity index (χ2n) is 6.13. The molecule has 0 radical (unpaired) electrons. The third-order valence-electron chi connectivity index (χ3n) is 4.10. The van der Waals surface area contributed by atoms with E-state index in [1.54, 1.807) is 31.4 Å². The van der Waals surface area contributed by atoms with Crippen molar-refractivity contribution < 1.29 is 9.53 Å². The van der Waals surface area contributed by atoms with Gasteiger partial charge in [-0.2, -0.15) is 5.10 Å². The van der Waals surface area contributed by atoms with Crippen LogP contribution < -0.4 is 21.3 Å². The number of thioether (sulfide) groups is 1. The average molecular weight is 426 g/mol. The molecule has 0 aliphatic rings. The van der Waals surface area contributed by atoms with Gasteiger partial charge >= 0.3 is 0 Å². The van der Waals surface area contributed by atoms with Gasteiger partial charge in [0.2, 0.25) is 11.1 Å². The molecule has 2 aromatic carbocycles. The summed E-state index contributed by atoms with van der Waals surface area (Å²) in [7, 11) is 1.59. The second kappa shape index (κ2) is 10.3. The van der Waals surface area contributed by atoms with Crippen molar-refractivity contribution in [2.75, 3.05) is 29.4 Å². The van der Waals surface area contributed by atoms with E-state index in [-0.39, 0.29) is 17.6 Å². The van der Waals surface area contributed by atoms with E-state index in [1.807, 2.05) is 37.3 Å². The Kier molecular flexibility index (Phi) is 7.28. The van der Waals surface area contributed by atoms with E-state index >= 15 is 0 Å². The number of hydrazone groups is 1. The fourth-order valence-corrected chi connectivity index (χ4v) is 3.21. The first-order valence-electron chi connectivity index (χ1n) is 9.26. The van der Waals surface area contributed by atoms with Crippen molar-refractivity contribution in [2.24, 2.45) is 5.10 Å². The Balaban J connectivity index is 1.57. The minimum atomic E-state index is -0.182. The third-order valence-corrected chi connectivity index (χ3v) is 5.05. The smallest absolute Gasteiger partial charge is 0.264 e. The number of anilines is 2. The molecule has 30 heavy (non-hydrogen) atoms. The highest BCUT2D eigenvalue weighted by Gasteiger charge is 2.12. The number of carbonyl (C=O) groups is 1. The molecular formula is C20H23N7O2S. The van der Waals surface area contributed by atoms with Crippen LogP contribution in [0.15, 0.2) is 64.9 Å². The van der Waals surface area contributed by atoms with Gasteiger partial charge in [-0.15, -0.1) is 10.2 Å². The van der Waals surface area contributed by atoms with Crippen LogP contribution in [-0.4, -0.2) is 39.4 Å². The summed E-state index contributed by atoms with van der Waals surface area (Å²) in [5, 5.41) is 15.6. The predicted molar refractivity (Wildman–Crippen MR) is 119 cm³/mol. The zero-order valence-electron chi connectivity index (χ0n) is 16.7. The van der Waals surface area contributed by atoms with Gasteiger partial charge in [0.15, 0.2) is 0 Å². The second-order valence-corrected chi connectivity index (χ2v) is 7.07. The highest BCUT2D eigenvalue weighted by molar-refractivity contribution is 7.99. The molecule has 4 N–H and O–H groups in total. The highest BCUT2D eigenvalue weighted by atomic mass is 32.2. The van der Waals surface area contributed by atoms with Gasteiger partial charge in [-0.3, -0.25) is 4.79 Å². The van der Waals surface area contributed by atoms with Crippen LogP contribution in [0.4, 0.5) is 11.6 Å². The van der Waals surface area contributed by atoms with Gasteiger partial charge in [-0.1, -0.05) is 49.0 Å². The molecule has 0 saturated carbocycles. The maximum absolute atomic E-state index is 12.2. The molecular weight excluding hydrogens is 402 g/mol. The monoisotopic (exact) mass is 425 g/mol. The molecule has 3 rings (SSSR count). The Bertz CT molecular complexity index is 1000. The van der Waals surface area contributed by atoms with Gasteiger partial charge in [-0.25, -0.2) is 10.1 Å². The van der Waals surface area contributed by atoms with Crippen LogP contribution in [0.2, 0.25) is 0 Å². The van der Waals surface area contributed by atoms with Crippen molar-refractivity contribution in [3.05, 3.63) is 60.2 Å². The summed E-state index contributed by atoms with van der Waals surface area (Å²) in [5.41, 5.74) is 5.41. The Labute approximate surface area is 178 Å². The van der Waals surface area contributed by atoms with Crippen molar-refractivity contribution in [1.29, 1.82) is 0 Å². The lowest BCUT2D eigenvalue weighted by Gasteiger charge is -2.07. The lowest BCUT2D eigenvalue weighted by atomic mass is 10.1. The Hall–Kier alpha value is -3.53. The van der Waals surface area contributed by atoms with Crippen molar-refractivity contribution in [1.82, 2.24) is 14.9 Å². The van der Waals surface area contributed by atoms with Gasteiger partial charge in [0.25, 0.3) is 5.95 Å². The maximum Gasteiger partial charge on any atom is 0.264 e. The van der Waals surface area contributed by atoms with Gasteiger partial charge in [0, 0.05) is 5.69 Å². The number of hydrogen-bond acceptors (Lipinski definition) is 8. The van der Waals surface area contributed by atoms with Crippen LogP contribution in [0.1, 0.15) is 18.9 Å². The SMILES string of the molecule is CC/C(=N\Nc1nnc(SCC(=O)Nc2ccc(OC)cc2)n1N)c1ccccc1. The molecule has 1 amide bonds. The lowest BCUT2D eigenvalue weighted by Crippen LogP contribution is -2.17. The number of aromatic nitrogens is 3. The summed E-state index contributed by atoms with van der Waals surface area (Å²) in [4.78, 5) is 12.2. The summed E-state index contributed by atoms with van der Waals surface area (Å²) < 4.78 is 6.37. The number of amides is 1. The molecule has 0 atom stereocenters. The maximum atomic E-state index is 12.2. The largest absolute Gasteiger partial charge is 0.497 e. The number of ether oxygens (including phenoxy) is 1. The zero-order valence-corrected chi connectivity index (χ0v) is 17.5. The number of carbonyl (C=O) groups excluding carboxylic acids is 1. The van der Waals surface area contributed by atoms with E-state index in [4.69, 9.17) is 10.6 Å². The Morgan fingerprint density at radius 3 is 2.57 bits per heavy atom. The Morgan fingerprint density at radius 2 is 1.90 bits per heavy atom. The molecule has 0 aliphatic heterocycles. The number of nitrogens with zero attached hydrogens (tertiary/aromatic N) is 4. The quantitative estimate of drug-likeness (QED) is 0.209. The van der Waals surface area contributed by atoms with Gasteiger partial charge in [0.05, 0.1) is 18.6 Å². The van der Waals surface area contributed by atoms with E-state index in [9.17, 15) is 4.79 Å². The summed E-state index contributed by atoms with van der Waals surface area (Å²) in [5.74, 6) is 6.99. The number of benzene rings is 2. The minimum absolute atomic E-state index is 0.134. The van der Waals surface area contributed by atoms with Crippen LogP contribution in [0, 0.1) is 0 Å². The molecule has 0 saturated heterocycles.